The normalized spacial score (nSPS) is 19.5. The Hall–Kier alpha value is -1.02. The van der Waals surface area contributed by atoms with E-state index in [1.54, 1.807) is 12.1 Å². The van der Waals surface area contributed by atoms with E-state index in [0.29, 0.717) is 22.5 Å². The van der Waals surface area contributed by atoms with Crippen molar-refractivity contribution in [2.45, 2.75) is 19.9 Å². The summed E-state index contributed by atoms with van der Waals surface area (Å²) in [6.07, 6.45) is 0. The standard InChI is InChI=1S/C12H14ClNO/c1-8(2)11-7-14(11)12(15)9-5-3-4-6-10(9)13/h3-6,8,11H,7H2,1-2H3. The smallest absolute Gasteiger partial charge is 0.255 e. The minimum Gasteiger partial charge on any atom is -0.332 e. The van der Waals surface area contributed by atoms with Crippen LogP contribution in [0.4, 0.5) is 0 Å². The number of nitrogens with zero attached hydrogens (tertiary/aromatic N) is 1. The van der Waals surface area contributed by atoms with Gasteiger partial charge in [-0.25, -0.2) is 0 Å². The van der Waals surface area contributed by atoms with E-state index in [2.05, 4.69) is 13.8 Å². The summed E-state index contributed by atoms with van der Waals surface area (Å²) in [7, 11) is 0. The molecule has 0 radical (unpaired) electrons. The fourth-order valence-electron chi connectivity index (χ4n) is 1.75. The van der Waals surface area contributed by atoms with Gasteiger partial charge in [-0.2, -0.15) is 0 Å². The predicted octanol–water partition coefficient (Wildman–Crippen LogP) is 2.82. The van der Waals surface area contributed by atoms with E-state index in [9.17, 15) is 4.79 Å². The first-order chi connectivity index (χ1) is 7.11. The maximum absolute atomic E-state index is 12.0. The Labute approximate surface area is 94.8 Å². The van der Waals surface area contributed by atoms with Crippen LogP contribution in [0.2, 0.25) is 5.02 Å². The van der Waals surface area contributed by atoms with Crippen molar-refractivity contribution < 1.29 is 4.79 Å². The van der Waals surface area contributed by atoms with Crippen molar-refractivity contribution in [1.82, 2.24) is 4.90 Å². The van der Waals surface area contributed by atoms with E-state index in [-0.39, 0.29) is 5.91 Å². The Bertz CT molecular complexity index is 389. The first-order valence-corrected chi connectivity index (χ1v) is 5.54. The summed E-state index contributed by atoms with van der Waals surface area (Å²) in [5.41, 5.74) is 0.613. The van der Waals surface area contributed by atoms with E-state index in [1.807, 2.05) is 17.0 Å². The molecule has 0 bridgehead atoms. The van der Waals surface area contributed by atoms with Crippen molar-refractivity contribution >= 4 is 17.5 Å². The minimum absolute atomic E-state index is 0.0549. The number of benzene rings is 1. The molecule has 15 heavy (non-hydrogen) atoms. The molecule has 80 valence electrons. The molecule has 2 rings (SSSR count). The van der Waals surface area contributed by atoms with Crippen molar-refractivity contribution in [1.29, 1.82) is 0 Å². The average Bonchev–Trinajstić information content (AvgIpc) is 2.97. The molecule has 1 atom stereocenters. The van der Waals surface area contributed by atoms with Gasteiger partial charge in [0, 0.05) is 6.54 Å². The van der Waals surface area contributed by atoms with Crippen molar-refractivity contribution in [3.05, 3.63) is 34.9 Å². The Kier molecular flexibility index (Phi) is 2.70. The number of hydrogen-bond donors (Lipinski definition) is 0. The molecular weight excluding hydrogens is 210 g/mol. The van der Waals surface area contributed by atoms with Crippen LogP contribution in [0.25, 0.3) is 0 Å². The van der Waals surface area contributed by atoms with Crippen molar-refractivity contribution in [2.75, 3.05) is 6.54 Å². The van der Waals surface area contributed by atoms with Crippen LogP contribution in [0.15, 0.2) is 24.3 Å². The molecule has 0 spiro atoms. The summed E-state index contributed by atoms with van der Waals surface area (Å²) in [5.74, 6) is 0.579. The van der Waals surface area contributed by atoms with E-state index < -0.39 is 0 Å². The molecule has 1 unspecified atom stereocenters. The monoisotopic (exact) mass is 223 g/mol. The van der Waals surface area contributed by atoms with Gasteiger partial charge in [0.1, 0.15) is 0 Å². The predicted molar refractivity (Wildman–Crippen MR) is 61.1 cm³/mol. The number of hydrogen-bond acceptors (Lipinski definition) is 1. The highest BCUT2D eigenvalue weighted by Gasteiger charge is 2.41. The van der Waals surface area contributed by atoms with Crippen LogP contribution < -0.4 is 0 Å². The summed E-state index contributed by atoms with van der Waals surface area (Å²) in [6.45, 7) is 5.12. The fourth-order valence-corrected chi connectivity index (χ4v) is 1.96. The lowest BCUT2D eigenvalue weighted by molar-refractivity contribution is 0.0868. The van der Waals surface area contributed by atoms with E-state index in [1.165, 1.54) is 0 Å². The second-order valence-electron chi connectivity index (χ2n) is 4.25. The first kappa shape index (κ1) is 10.5. The highest BCUT2D eigenvalue weighted by Crippen LogP contribution is 2.29. The molecule has 1 amide bonds. The van der Waals surface area contributed by atoms with Gasteiger partial charge < -0.3 is 4.90 Å². The highest BCUT2D eigenvalue weighted by molar-refractivity contribution is 6.33. The Balaban J connectivity index is 2.14. The molecule has 1 aromatic rings. The van der Waals surface area contributed by atoms with E-state index >= 15 is 0 Å². The van der Waals surface area contributed by atoms with Crippen molar-refractivity contribution in [2.24, 2.45) is 5.92 Å². The molecule has 1 aliphatic heterocycles. The van der Waals surface area contributed by atoms with Crippen LogP contribution in [0, 0.1) is 5.92 Å². The molecular formula is C12H14ClNO. The summed E-state index contributed by atoms with van der Waals surface area (Å²) >= 11 is 5.97. The maximum atomic E-state index is 12.0. The summed E-state index contributed by atoms with van der Waals surface area (Å²) < 4.78 is 0. The lowest BCUT2D eigenvalue weighted by atomic mass is 10.1. The molecule has 1 saturated heterocycles. The van der Waals surface area contributed by atoms with Crippen LogP contribution in [0.1, 0.15) is 24.2 Å². The number of amides is 1. The van der Waals surface area contributed by atoms with Gasteiger partial charge in [0.25, 0.3) is 5.91 Å². The van der Waals surface area contributed by atoms with E-state index in [4.69, 9.17) is 11.6 Å². The molecule has 1 fully saturated rings. The van der Waals surface area contributed by atoms with Crippen LogP contribution in [0.3, 0.4) is 0 Å². The summed E-state index contributed by atoms with van der Waals surface area (Å²) in [5, 5.41) is 0.539. The zero-order valence-corrected chi connectivity index (χ0v) is 9.66. The van der Waals surface area contributed by atoms with Gasteiger partial charge in [-0.1, -0.05) is 37.6 Å². The highest BCUT2D eigenvalue weighted by atomic mass is 35.5. The largest absolute Gasteiger partial charge is 0.332 e. The van der Waals surface area contributed by atoms with Crippen molar-refractivity contribution in [3.8, 4) is 0 Å². The van der Waals surface area contributed by atoms with Gasteiger partial charge in [0.2, 0.25) is 0 Å². The van der Waals surface area contributed by atoms with Gasteiger partial charge in [-0.15, -0.1) is 0 Å². The second-order valence-corrected chi connectivity index (χ2v) is 4.66. The minimum atomic E-state index is 0.0549. The molecule has 0 saturated carbocycles. The van der Waals surface area contributed by atoms with Gasteiger partial charge in [0.15, 0.2) is 0 Å². The summed E-state index contributed by atoms with van der Waals surface area (Å²) in [6, 6.07) is 7.60. The topological polar surface area (TPSA) is 20.1 Å². The number of halogens is 1. The van der Waals surface area contributed by atoms with Crippen LogP contribution in [-0.4, -0.2) is 23.4 Å². The Morgan fingerprint density at radius 3 is 2.67 bits per heavy atom. The average molecular weight is 224 g/mol. The lowest BCUT2D eigenvalue weighted by Gasteiger charge is -2.07. The molecule has 1 aromatic carbocycles. The van der Waals surface area contributed by atoms with Gasteiger partial charge in [0.05, 0.1) is 16.6 Å². The maximum Gasteiger partial charge on any atom is 0.255 e. The lowest BCUT2D eigenvalue weighted by Crippen LogP contribution is -2.16. The second kappa shape index (κ2) is 3.86. The summed E-state index contributed by atoms with van der Waals surface area (Å²) in [4.78, 5) is 13.9. The molecule has 0 aliphatic carbocycles. The van der Waals surface area contributed by atoms with Crippen molar-refractivity contribution in [3.63, 3.8) is 0 Å². The van der Waals surface area contributed by atoms with Crippen LogP contribution in [0.5, 0.6) is 0 Å². The zero-order valence-electron chi connectivity index (χ0n) is 8.90. The zero-order chi connectivity index (χ0) is 11.0. The molecule has 0 aromatic heterocycles. The number of rotatable bonds is 2. The number of carbonyl (C=O) groups is 1. The molecule has 0 N–H and O–H groups in total. The first-order valence-electron chi connectivity index (χ1n) is 5.16. The van der Waals surface area contributed by atoms with Gasteiger partial charge in [-0.3, -0.25) is 4.79 Å². The molecule has 1 heterocycles. The quantitative estimate of drug-likeness (QED) is 0.706. The third-order valence-corrected chi connectivity index (χ3v) is 3.11. The van der Waals surface area contributed by atoms with E-state index in [0.717, 1.165) is 6.54 Å². The van der Waals surface area contributed by atoms with Gasteiger partial charge in [-0.05, 0) is 18.1 Å². The Morgan fingerprint density at radius 2 is 2.13 bits per heavy atom. The van der Waals surface area contributed by atoms with Crippen LogP contribution in [-0.2, 0) is 0 Å². The Morgan fingerprint density at radius 1 is 1.47 bits per heavy atom. The fraction of sp³-hybridized carbons (Fsp3) is 0.417. The third-order valence-electron chi connectivity index (χ3n) is 2.79. The van der Waals surface area contributed by atoms with Crippen LogP contribution >= 0.6 is 11.6 Å². The molecule has 2 nitrogen and oxygen atoms in total. The molecule has 1 aliphatic rings. The molecule has 3 heteroatoms. The third kappa shape index (κ3) is 2.00. The van der Waals surface area contributed by atoms with Gasteiger partial charge >= 0.3 is 0 Å². The number of carbonyl (C=O) groups excluding carboxylic acids is 1. The SMILES string of the molecule is CC(C)C1CN1C(=O)c1ccccc1Cl.